The minimum Gasteiger partial charge on any atom is -0.379 e. The van der Waals surface area contributed by atoms with Gasteiger partial charge in [-0.3, -0.25) is 14.2 Å². The third-order valence-electron chi connectivity index (χ3n) is 6.11. The van der Waals surface area contributed by atoms with Crippen LogP contribution < -0.4 is 9.62 Å². The number of thioether (sulfide) groups is 1. The molecule has 1 fully saturated rings. The van der Waals surface area contributed by atoms with Crippen LogP contribution in [0.4, 0.5) is 11.4 Å². The number of fused-ring (bicyclic) bond motifs is 1. The molecule has 0 spiro atoms. The summed E-state index contributed by atoms with van der Waals surface area (Å²) in [6.07, 6.45) is 2.26. The monoisotopic (exact) mass is 551 g/mol. The van der Waals surface area contributed by atoms with Gasteiger partial charge in [-0.05, 0) is 29.8 Å². The van der Waals surface area contributed by atoms with E-state index < -0.39 is 10.0 Å². The van der Waals surface area contributed by atoms with Gasteiger partial charge < -0.3 is 10.1 Å². The number of hydrogen-bond donors (Lipinski definition) is 1. The van der Waals surface area contributed by atoms with E-state index in [1.165, 1.54) is 16.6 Å². The molecule has 3 aliphatic rings. The maximum atomic E-state index is 13.2. The maximum Gasteiger partial charge on any atom is 0.281 e. The Morgan fingerprint density at radius 2 is 2.12 bits per heavy atom. The van der Waals surface area contributed by atoms with Gasteiger partial charge in [0.25, 0.3) is 10.0 Å². The van der Waals surface area contributed by atoms with Crippen molar-refractivity contribution in [3.8, 4) is 0 Å². The first kappa shape index (κ1) is 23.1. The summed E-state index contributed by atoms with van der Waals surface area (Å²) in [5.74, 6) is 0. The Bertz CT molecular complexity index is 1160. The molecule has 0 aliphatic carbocycles. The van der Waals surface area contributed by atoms with Crippen LogP contribution in [0.5, 0.6) is 0 Å². The fraction of sp³-hybridized carbons (Fsp3) is 0.455. The predicted molar refractivity (Wildman–Crippen MR) is 136 cm³/mol. The molecule has 2 aromatic rings. The third-order valence-corrected chi connectivity index (χ3v) is 9.54. The van der Waals surface area contributed by atoms with Crippen LogP contribution in [0.25, 0.3) is 0 Å². The molecule has 5 rings (SSSR count). The average Bonchev–Trinajstić information content (AvgIpc) is 3.46. The van der Waals surface area contributed by atoms with E-state index in [0.29, 0.717) is 10.9 Å². The molecule has 33 heavy (non-hydrogen) atoms. The number of anilines is 2. The second-order valence-corrected chi connectivity index (χ2v) is 12.5. The molecule has 0 amide bonds. The molecule has 1 aromatic carbocycles. The number of benzene rings is 1. The van der Waals surface area contributed by atoms with Gasteiger partial charge in [0, 0.05) is 49.0 Å². The number of nitrogens with zero attached hydrogens (tertiary/aromatic N) is 4. The zero-order chi connectivity index (χ0) is 23.0. The first-order valence-electron chi connectivity index (χ1n) is 10.9. The minimum absolute atomic E-state index is 0.0254. The third kappa shape index (κ3) is 4.79. The summed E-state index contributed by atoms with van der Waals surface area (Å²) >= 11 is 5.40. The van der Waals surface area contributed by atoms with Crippen molar-refractivity contribution in [1.29, 1.82) is 0 Å². The van der Waals surface area contributed by atoms with Gasteiger partial charge in [-0.15, -0.1) is 11.8 Å². The van der Waals surface area contributed by atoms with Crippen molar-refractivity contribution in [2.45, 2.75) is 22.7 Å². The fourth-order valence-electron chi connectivity index (χ4n) is 4.38. The van der Waals surface area contributed by atoms with E-state index in [-0.39, 0.29) is 11.1 Å². The molecule has 0 bridgehead atoms. The predicted octanol–water partition coefficient (Wildman–Crippen LogP) is 2.85. The summed E-state index contributed by atoms with van der Waals surface area (Å²) in [6.45, 7) is 5.40. The quantitative estimate of drug-likeness (QED) is 0.590. The normalized spacial score (nSPS) is 23.2. The van der Waals surface area contributed by atoms with Gasteiger partial charge in [-0.25, -0.2) is 4.98 Å². The summed E-state index contributed by atoms with van der Waals surface area (Å²) in [5.41, 5.74) is 2.51. The molecule has 8 nitrogen and oxygen atoms in total. The number of rotatable bonds is 6. The van der Waals surface area contributed by atoms with E-state index >= 15 is 0 Å². The highest BCUT2D eigenvalue weighted by Crippen LogP contribution is 2.41. The first-order chi connectivity index (χ1) is 15.9. The Morgan fingerprint density at radius 3 is 2.88 bits per heavy atom. The molecule has 2 unspecified atom stereocenters. The van der Waals surface area contributed by atoms with E-state index in [2.05, 4.69) is 37.2 Å². The second-order valence-electron chi connectivity index (χ2n) is 8.33. The van der Waals surface area contributed by atoms with E-state index in [1.54, 1.807) is 19.2 Å². The van der Waals surface area contributed by atoms with E-state index in [4.69, 9.17) is 9.73 Å². The summed E-state index contributed by atoms with van der Waals surface area (Å²) in [7, 11) is -2.21. The number of hydrogen-bond acceptors (Lipinski definition) is 8. The molecule has 11 heteroatoms. The Morgan fingerprint density at radius 1 is 1.30 bits per heavy atom. The maximum absolute atomic E-state index is 13.2. The van der Waals surface area contributed by atoms with Crippen LogP contribution in [-0.4, -0.2) is 81.1 Å². The van der Waals surface area contributed by atoms with Crippen molar-refractivity contribution < 1.29 is 13.2 Å². The largest absolute Gasteiger partial charge is 0.379 e. The number of sulfonamides is 1. The summed E-state index contributed by atoms with van der Waals surface area (Å²) in [5, 5.41) is 5.14. The van der Waals surface area contributed by atoms with Gasteiger partial charge in [0.2, 0.25) is 0 Å². The average molecular weight is 553 g/mol. The highest BCUT2D eigenvalue weighted by atomic mass is 79.9. The number of aromatic nitrogens is 1. The van der Waals surface area contributed by atoms with Crippen LogP contribution in [0.3, 0.4) is 0 Å². The van der Waals surface area contributed by atoms with Gasteiger partial charge in [0.15, 0.2) is 5.03 Å². The van der Waals surface area contributed by atoms with Crippen molar-refractivity contribution in [3.05, 3.63) is 46.6 Å². The van der Waals surface area contributed by atoms with E-state index in [1.807, 2.05) is 17.8 Å². The van der Waals surface area contributed by atoms with Crippen molar-refractivity contribution in [1.82, 2.24) is 9.88 Å². The standard InChI is InChI=1S/C22H26BrN5O3S2/c1-27(33(29,30)20-4-2-3-5-24-20)19-12-16(23)10-15-11-18(26-21(15)19)22-25-13-17(32-22)14-28-6-8-31-9-7-28/h2-5,10,12,17-18,26H,6-9,11,13-14H2,1H3. The van der Waals surface area contributed by atoms with Gasteiger partial charge in [0.05, 0.1) is 42.2 Å². The minimum atomic E-state index is -3.78. The van der Waals surface area contributed by atoms with Crippen LogP contribution in [0, 0.1) is 0 Å². The fourth-order valence-corrected chi connectivity index (χ4v) is 7.24. The van der Waals surface area contributed by atoms with Crippen LogP contribution >= 0.6 is 27.7 Å². The lowest BCUT2D eigenvalue weighted by molar-refractivity contribution is 0.0385. The number of ether oxygens (including phenoxy) is 1. The van der Waals surface area contributed by atoms with Crippen LogP contribution in [0.1, 0.15) is 5.56 Å². The zero-order valence-electron chi connectivity index (χ0n) is 18.3. The summed E-state index contributed by atoms with van der Waals surface area (Å²) in [4.78, 5) is 11.3. The molecule has 1 N–H and O–H groups in total. The number of halogens is 1. The van der Waals surface area contributed by atoms with Crippen molar-refractivity contribution in [2.75, 3.05) is 56.1 Å². The number of aliphatic imine (C=N–C) groups is 1. The lowest BCUT2D eigenvalue weighted by atomic mass is 10.1. The van der Waals surface area contributed by atoms with Crippen LogP contribution in [-0.2, 0) is 21.2 Å². The molecule has 4 heterocycles. The molecule has 0 radical (unpaired) electrons. The SMILES string of the molecule is CN(c1cc(Br)cc2c1NC(C1=NCC(CN3CCOCC3)S1)C2)S(=O)(=O)c1ccccn1. The summed E-state index contributed by atoms with van der Waals surface area (Å²) < 4.78 is 34.0. The Balaban J connectivity index is 1.32. The Labute approximate surface area is 207 Å². The highest BCUT2D eigenvalue weighted by molar-refractivity contribution is 9.10. The number of morpholine rings is 1. The van der Waals surface area contributed by atoms with Crippen molar-refractivity contribution in [2.24, 2.45) is 4.99 Å². The first-order valence-corrected chi connectivity index (χ1v) is 14.0. The van der Waals surface area contributed by atoms with Crippen molar-refractivity contribution >= 4 is 54.1 Å². The lowest BCUT2D eigenvalue weighted by Gasteiger charge is -2.28. The lowest BCUT2D eigenvalue weighted by Crippen LogP contribution is -2.40. The molecule has 0 saturated carbocycles. The second kappa shape index (κ2) is 9.53. The summed E-state index contributed by atoms with van der Waals surface area (Å²) in [6, 6.07) is 8.83. The van der Waals surface area contributed by atoms with Gasteiger partial charge >= 0.3 is 0 Å². The molecule has 1 aromatic heterocycles. The number of nitrogens with one attached hydrogen (secondary N) is 1. The molecule has 2 atom stereocenters. The van der Waals surface area contributed by atoms with Gasteiger partial charge in [-0.1, -0.05) is 22.0 Å². The molecule has 1 saturated heterocycles. The Hall–Kier alpha value is -1.66. The zero-order valence-corrected chi connectivity index (χ0v) is 21.5. The topological polar surface area (TPSA) is 87.1 Å². The van der Waals surface area contributed by atoms with E-state index in [0.717, 1.165) is 66.6 Å². The molecular formula is C22H26BrN5O3S2. The highest BCUT2D eigenvalue weighted by Gasteiger charge is 2.35. The van der Waals surface area contributed by atoms with Gasteiger partial charge in [0.1, 0.15) is 0 Å². The number of pyridine rings is 1. The van der Waals surface area contributed by atoms with Gasteiger partial charge in [-0.2, -0.15) is 8.42 Å². The Kier molecular flexibility index (Phi) is 6.67. The molecule has 3 aliphatic heterocycles. The van der Waals surface area contributed by atoms with Crippen LogP contribution in [0.15, 0.2) is 51.0 Å². The smallest absolute Gasteiger partial charge is 0.281 e. The van der Waals surface area contributed by atoms with Crippen LogP contribution in [0.2, 0.25) is 0 Å². The molecule has 176 valence electrons. The van der Waals surface area contributed by atoms with Crippen molar-refractivity contribution in [3.63, 3.8) is 0 Å². The molecular weight excluding hydrogens is 526 g/mol. The van der Waals surface area contributed by atoms with E-state index in [9.17, 15) is 8.42 Å².